The molecule has 0 radical (unpaired) electrons. The van der Waals surface area contributed by atoms with Crippen molar-refractivity contribution in [3.05, 3.63) is 65.2 Å². The number of hydrogen-bond acceptors (Lipinski definition) is 3. The maximum atomic E-state index is 13.3. The van der Waals surface area contributed by atoms with Crippen LogP contribution in [0.25, 0.3) is 0 Å². The van der Waals surface area contributed by atoms with Gasteiger partial charge in [0.05, 0.1) is 17.2 Å². The highest BCUT2D eigenvalue weighted by molar-refractivity contribution is 5.96. The number of hydrogen-bond donors (Lipinski definition) is 0. The molecule has 2 aromatic rings. The molecule has 1 unspecified atom stereocenters. The Morgan fingerprint density at radius 3 is 2.28 bits per heavy atom. The summed E-state index contributed by atoms with van der Waals surface area (Å²) in [5.41, 5.74) is -0.660. The number of ether oxygens (including phenoxy) is 1. The average molecular weight is 446 g/mol. The third kappa shape index (κ3) is 4.74. The SMILES string of the molecule is O=C(c1ccc(OCC2CCCN2C(=O)c2ccccc2C(F)(F)F)cc1)N1CCCC1. The van der Waals surface area contributed by atoms with Crippen molar-refractivity contribution >= 4 is 11.8 Å². The van der Waals surface area contributed by atoms with Crippen molar-refractivity contribution in [2.24, 2.45) is 0 Å². The molecule has 0 aliphatic carbocycles. The predicted molar refractivity (Wildman–Crippen MR) is 113 cm³/mol. The molecule has 0 aromatic heterocycles. The molecule has 2 aliphatic heterocycles. The normalized spacial score (nSPS) is 18.8. The standard InChI is InChI=1S/C24H25F3N2O3/c25-24(26,27)21-8-2-1-7-20(21)23(31)29-15-5-6-18(29)16-32-19-11-9-17(10-12-19)22(30)28-13-3-4-14-28/h1-2,7-12,18H,3-6,13-16H2. The van der Waals surface area contributed by atoms with Crippen LogP contribution in [-0.4, -0.2) is 53.9 Å². The summed E-state index contributed by atoms with van der Waals surface area (Å²) < 4.78 is 45.8. The minimum absolute atomic E-state index is 0.00458. The van der Waals surface area contributed by atoms with Gasteiger partial charge in [0.1, 0.15) is 12.4 Å². The van der Waals surface area contributed by atoms with Crippen LogP contribution in [-0.2, 0) is 6.18 Å². The van der Waals surface area contributed by atoms with Gasteiger partial charge in [-0.2, -0.15) is 13.2 Å². The zero-order valence-electron chi connectivity index (χ0n) is 17.6. The summed E-state index contributed by atoms with van der Waals surface area (Å²) in [6.07, 6.45) is -1.18. The van der Waals surface area contributed by atoms with Crippen LogP contribution in [0.15, 0.2) is 48.5 Å². The molecule has 0 spiro atoms. The summed E-state index contributed by atoms with van der Waals surface area (Å²) in [6.45, 7) is 2.13. The van der Waals surface area contributed by atoms with Crippen LogP contribution in [0.5, 0.6) is 5.75 Å². The van der Waals surface area contributed by atoms with Gasteiger partial charge in [0, 0.05) is 25.2 Å². The first-order chi connectivity index (χ1) is 15.3. The van der Waals surface area contributed by atoms with Crippen LogP contribution >= 0.6 is 0 Å². The Morgan fingerprint density at radius 1 is 0.906 bits per heavy atom. The lowest BCUT2D eigenvalue weighted by molar-refractivity contribution is -0.138. The maximum absolute atomic E-state index is 13.3. The van der Waals surface area contributed by atoms with E-state index in [0.717, 1.165) is 32.0 Å². The molecule has 2 aromatic carbocycles. The van der Waals surface area contributed by atoms with Gasteiger partial charge >= 0.3 is 6.18 Å². The zero-order valence-corrected chi connectivity index (χ0v) is 17.6. The summed E-state index contributed by atoms with van der Waals surface area (Å²) in [5, 5.41) is 0. The molecule has 4 rings (SSSR count). The topological polar surface area (TPSA) is 49.9 Å². The summed E-state index contributed by atoms with van der Waals surface area (Å²) >= 11 is 0. The van der Waals surface area contributed by atoms with Gasteiger partial charge in [-0.25, -0.2) is 0 Å². The molecule has 2 amide bonds. The number of nitrogens with zero attached hydrogens (tertiary/aromatic N) is 2. The quantitative estimate of drug-likeness (QED) is 0.673. The molecule has 5 nitrogen and oxygen atoms in total. The fourth-order valence-corrected chi connectivity index (χ4v) is 4.34. The number of amides is 2. The van der Waals surface area contributed by atoms with Gasteiger partial charge in [0.25, 0.3) is 11.8 Å². The minimum Gasteiger partial charge on any atom is -0.491 e. The summed E-state index contributed by atoms with van der Waals surface area (Å²) in [5.74, 6) is -0.0708. The lowest BCUT2D eigenvalue weighted by Gasteiger charge is -2.26. The number of alkyl halides is 3. The van der Waals surface area contributed by atoms with E-state index in [2.05, 4.69) is 0 Å². The van der Waals surface area contributed by atoms with E-state index in [9.17, 15) is 22.8 Å². The summed E-state index contributed by atoms with van der Waals surface area (Å²) in [7, 11) is 0. The van der Waals surface area contributed by atoms with Crippen molar-refractivity contribution in [1.82, 2.24) is 9.80 Å². The zero-order chi connectivity index (χ0) is 22.7. The van der Waals surface area contributed by atoms with Crippen molar-refractivity contribution in [3.8, 4) is 5.75 Å². The summed E-state index contributed by atoms with van der Waals surface area (Å²) in [6, 6.07) is 11.4. The second kappa shape index (κ2) is 9.22. The molecule has 2 heterocycles. The van der Waals surface area contributed by atoms with Gasteiger partial charge in [0.2, 0.25) is 0 Å². The molecule has 8 heteroatoms. The number of carbonyl (C=O) groups excluding carboxylic acids is 2. The van der Waals surface area contributed by atoms with E-state index in [1.54, 1.807) is 24.3 Å². The third-order valence-electron chi connectivity index (χ3n) is 6.04. The average Bonchev–Trinajstić information content (AvgIpc) is 3.49. The second-order valence-corrected chi connectivity index (χ2v) is 8.17. The Labute approximate surface area is 184 Å². The Morgan fingerprint density at radius 2 is 1.59 bits per heavy atom. The second-order valence-electron chi connectivity index (χ2n) is 8.17. The highest BCUT2D eigenvalue weighted by atomic mass is 19.4. The van der Waals surface area contributed by atoms with E-state index in [-0.39, 0.29) is 24.1 Å². The Bertz CT molecular complexity index is 969. The largest absolute Gasteiger partial charge is 0.491 e. The molecule has 32 heavy (non-hydrogen) atoms. The Balaban J connectivity index is 1.40. The molecular weight excluding hydrogens is 421 g/mol. The highest BCUT2D eigenvalue weighted by Gasteiger charge is 2.38. The monoisotopic (exact) mass is 446 g/mol. The number of carbonyl (C=O) groups is 2. The number of rotatable bonds is 5. The number of benzene rings is 2. The van der Waals surface area contributed by atoms with Crippen LogP contribution in [0.4, 0.5) is 13.2 Å². The molecule has 170 valence electrons. The first kappa shape index (κ1) is 22.2. The molecule has 0 N–H and O–H groups in total. The van der Waals surface area contributed by atoms with Gasteiger partial charge < -0.3 is 14.5 Å². The van der Waals surface area contributed by atoms with Crippen molar-refractivity contribution in [2.45, 2.75) is 37.9 Å². The molecule has 0 saturated carbocycles. The Kier molecular flexibility index (Phi) is 6.39. The van der Waals surface area contributed by atoms with Crippen LogP contribution < -0.4 is 4.74 Å². The van der Waals surface area contributed by atoms with Crippen LogP contribution in [0.2, 0.25) is 0 Å². The molecule has 2 fully saturated rings. The first-order valence-corrected chi connectivity index (χ1v) is 10.8. The van der Waals surface area contributed by atoms with Crippen molar-refractivity contribution in [2.75, 3.05) is 26.2 Å². The number of halogens is 3. The maximum Gasteiger partial charge on any atom is 0.417 e. The first-order valence-electron chi connectivity index (χ1n) is 10.8. The smallest absolute Gasteiger partial charge is 0.417 e. The molecule has 1 atom stereocenters. The van der Waals surface area contributed by atoms with Crippen LogP contribution in [0, 0.1) is 0 Å². The van der Waals surface area contributed by atoms with Crippen molar-refractivity contribution in [3.63, 3.8) is 0 Å². The highest BCUT2D eigenvalue weighted by Crippen LogP contribution is 2.33. The lowest BCUT2D eigenvalue weighted by Crippen LogP contribution is -2.39. The van der Waals surface area contributed by atoms with Gasteiger partial charge in [-0.3, -0.25) is 9.59 Å². The molecule has 2 saturated heterocycles. The van der Waals surface area contributed by atoms with Crippen molar-refractivity contribution in [1.29, 1.82) is 0 Å². The Hall–Kier alpha value is -3.03. The fraction of sp³-hybridized carbons (Fsp3) is 0.417. The molecule has 2 aliphatic rings. The van der Waals surface area contributed by atoms with E-state index in [1.807, 2.05) is 4.90 Å². The van der Waals surface area contributed by atoms with Gasteiger partial charge in [0.15, 0.2) is 0 Å². The van der Waals surface area contributed by atoms with Crippen LogP contribution in [0.3, 0.4) is 0 Å². The minimum atomic E-state index is -4.59. The fourth-order valence-electron chi connectivity index (χ4n) is 4.34. The van der Waals surface area contributed by atoms with E-state index in [4.69, 9.17) is 4.74 Å². The van der Waals surface area contributed by atoms with E-state index < -0.39 is 17.6 Å². The van der Waals surface area contributed by atoms with E-state index in [1.165, 1.54) is 23.1 Å². The lowest BCUT2D eigenvalue weighted by atomic mass is 10.1. The van der Waals surface area contributed by atoms with E-state index >= 15 is 0 Å². The third-order valence-corrected chi connectivity index (χ3v) is 6.04. The summed E-state index contributed by atoms with van der Waals surface area (Å²) in [4.78, 5) is 28.6. The van der Waals surface area contributed by atoms with Crippen molar-refractivity contribution < 1.29 is 27.5 Å². The molecule has 0 bridgehead atoms. The molecular formula is C24H25F3N2O3. The number of likely N-dealkylation sites (tertiary alicyclic amines) is 2. The van der Waals surface area contributed by atoms with Gasteiger partial charge in [-0.1, -0.05) is 12.1 Å². The predicted octanol–water partition coefficient (Wildman–Crippen LogP) is 4.63. The van der Waals surface area contributed by atoms with Gasteiger partial charge in [-0.05, 0) is 62.1 Å². The van der Waals surface area contributed by atoms with E-state index in [0.29, 0.717) is 30.7 Å². The van der Waals surface area contributed by atoms with Gasteiger partial charge in [-0.15, -0.1) is 0 Å². The van der Waals surface area contributed by atoms with Crippen LogP contribution in [0.1, 0.15) is 52.0 Å².